The Bertz CT molecular complexity index is 1370. The predicted molar refractivity (Wildman–Crippen MR) is 117 cm³/mol. The van der Waals surface area contributed by atoms with Gasteiger partial charge < -0.3 is 13.6 Å². The molecule has 0 aliphatic heterocycles. The summed E-state index contributed by atoms with van der Waals surface area (Å²) in [4.78, 5) is 32.2. The number of hydrogen-bond donors (Lipinski definition) is 0. The number of oxazole rings is 2. The number of carbonyl (C=O) groups excluding carboxylic acids is 1. The standard InChI is InChI=1S/C23H16ClN3O6/c24-16-9-6-11-18-21(16)32-22(26-18)29-14-20(28)27(30-13-15-7-2-1-3-8-15)33-23-25-17-10-4-5-12-19(17)31-23/h1-12H,13-14H2. The van der Waals surface area contributed by atoms with Crippen molar-refractivity contribution in [3.63, 3.8) is 0 Å². The van der Waals surface area contributed by atoms with Crippen LogP contribution in [0.15, 0.2) is 81.6 Å². The molecule has 10 heteroatoms. The van der Waals surface area contributed by atoms with E-state index in [4.69, 9.17) is 34.8 Å². The Balaban J connectivity index is 1.31. The number of hydroxylamine groups is 2. The van der Waals surface area contributed by atoms with E-state index in [1.54, 1.807) is 36.4 Å². The van der Waals surface area contributed by atoms with Crippen LogP contribution in [0.5, 0.6) is 12.2 Å². The minimum atomic E-state index is -0.679. The quantitative estimate of drug-likeness (QED) is 0.296. The van der Waals surface area contributed by atoms with Crippen LogP contribution in [-0.2, 0) is 16.2 Å². The van der Waals surface area contributed by atoms with Crippen molar-refractivity contribution in [3.8, 4) is 12.2 Å². The maximum atomic E-state index is 12.8. The highest BCUT2D eigenvalue weighted by Crippen LogP contribution is 2.27. The first-order valence-electron chi connectivity index (χ1n) is 9.87. The lowest BCUT2D eigenvalue weighted by Gasteiger charge is -2.18. The van der Waals surface area contributed by atoms with Gasteiger partial charge in [-0.25, -0.2) is 4.84 Å². The second-order valence-electron chi connectivity index (χ2n) is 6.81. The first kappa shape index (κ1) is 20.8. The van der Waals surface area contributed by atoms with Crippen molar-refractivity contribution >= 4 is 39.7 Å². The van der Waals surface area contributed by atoms with Crippen LogP contribution in [0.3, 0.4) is 0 Å². The molecule has 0 unspecified atom stereocenters. The Hall–Kier alpha value is -4.08. The van der Waals surface area contributed by atoms with Crippen LogP contribution in [0.4, 0.5) is 0 Å². The van der Waals surface area contributed by atoms with Gasteiger partial charge in [-0.05, 0) is 35.1 Å². The number of benzene rings is 3. The summed E-state index contributed by atoms with van der Waals surface area (Å²) < 4.78 is 16.4. The number of aromatic nitrogens is 2. The van der Waals surface area contributed by atoms with Crippen LogP contribution < -0.4 is 9.57 Å². The predicted octanol–water partition coefficient (Wildman–Crippen LogP) is 4.96. The fourth-order valence-electron chi connectivity index (χ4n) is 2.95. The van der Waals surface area contributed by atoms with E-state index in [0.717, 1.165) is 5.56 Å². The van der Waals surface area contributed by atoms with Gasteiger partial charge in [0.15, 0.2) is 17.8 Å². The van der Waals surface area contributed by atoms with Gasteiger partial charge in [0, 0.05) is 0 Å². The lowest BCUT2D eigenvalue weighted by molar-refractivity contribution is -0.309. The molecule has 3 aromatic carbocycles. The lowest BCUT2D eigenvalue weighted by atomic mass is 10.2. The van der Waals surface area contributed by atoms with E-state index < -0.39 is 12.5 Å². The van der Waals surface area contributed by atoms with Crippen molar-refractivity contribution < 1.29 is 28.0 Å². The van der Waals surface area contributed by atoms with Gasteiger partial charge in [-0.2, -0.15) is 9.97 Å². The Labute approximate surface area is 192 Å². The molecule has 1 amide bonds. The molecule has 33 heavy (non-hydrogen) atoms. The number of nitrogens with zero attached hydrogens (tertiary/aromatic N) is 3. The minimum absolute atomic E-state index is 0.0608. The molecule has 0 saturated carbocycles. The number of rotatable bonds is 8. The molecule has 0 N–H and O–H groups in total. The van der Waals surface area contributed by atoms with Crippen molar-refractivity contribution in [1.82, 2.24) is 15.2 Å². The molecule has 0 aliphatic rings. The fourth-order valence-corrected chi connectivity index (χ4v) is 3.16. The molecule has 0 saturated heterocycles. The van der Waals surface area contributed by atoms with Crippen LogP contribution in [0.1, 0.15) is 5.56 Å². The van der Waals surface area contributed by atoms with E-state index in [-0.39, 0.29) is 18.8 Å². The zero-order chi connectivity index (χ0) is 22.6. The second kappa shape index (κ2) is 9.19. The number of hydrogen-bond acceptors (Lipinski definition) is 8. The van der Waals surface area contributed by atoms with Crippen LogP contribution in [-0.4, -0.2) is 27.7 Å². The highest BCUT2D eigenvalue weighted by molar-refractivity contribution is 6.34. The Morgan fingerprint density at radius 3 is 2.45 bits per heavy atom. The second-order valence-corrected chi connectivity index (χ2v) is 7.21. The molecule has 0 bridgehead atoms. The van der Waals surface area contributed by atoms with Crippen molar-refractivity contribution in [1.29, 1.82) is 0 Å². The summed E-state index contributed by atoms with van der Waals surface area (Å²) >= 11 is 6.08. The van der Waals surface area contributed by atoms with E-state index in [0.29, 0.717) is 32.4 Å². The van der Waals surface area contributed by atoms with E-state index in [9.17, 15) is 4.79 Å². The topological polar surface area (TPSA) is 100 Å². The van der Waals surface area contributed by atoms with E-state index >= 15 is 0 Å². The molecule has 2 heterocycles. The summed E-state index contributed by atoms with van der Waals surface area (Å²) in [6.07, 6.45) is -0.275. The Morgan fingerprint density at radius 2 is 1.64 bits per heavy atom. The number of amides is 1. The number of fused-ring (bicyclic) bond motifs is 2. The third kappa shape index (κ3) is 4.74. The minimum Gasteiger partial charge on any atom is -0.440 e. The van der Waals surface area contributed by atoms with Crippen LogP contribution in [0.2, 0.25) is 5.02 Å². The molecule has 0 aliphatic carbocycles. The summed E-state index contributed by atoms with van der Waals surface area (Å²) in [6.45, 7) is -0.426. The van der Waals surface area contributed by atoms with Gasteiger partial charge in [0.1, 0.15) is 17.6 Å². The number of carbonyl (C=O) groups is 1. The van der Waals surface area contributed by atoms with E-state index in [2.05, 4.69) is 9.97 Å². The zero-order valence-electron chi connectivity index (χ0n) is 17.0. The van der Waals surface area contributed by atoms with Gasteiger partial charge in [-0.15, -0.1) is 0 Å². The summed E-state index contributed by atoms with van der Waals surface area (Å²) in [5.41, 5.74) is 2.77. The number of ether oxygens (including phenoxy) is 1. The van der Waals surface area contributed by atoms with E-state index in [1.165, 1.54) is 0 Å². The average molecular weight is 466 g/mol. The first-order valence-corrected chi connectivity index (χ1v) is 10.2. The lowest BCUT2D eigenvalue weighted by Crippen LogP contribution is -2.37. The molecule has 0 atom stereocenters. The maximum Gasteiger partial charge on any atom is 0.422 e. The summed E-state index contributed by atoms with van der Waals surface area (Å²) in [6, 6.07) is 21.5. The third-order valence-corrected chi connectivity index (χ3v) is 4.79. The van der Waals surface area contributed by atoms with Crippen molar-refractivity contribution in [3.05, 3.63) is 83.4 Å². The van der Waals surface area contributed by atoms with Crippen LogP contribution in [0.25, 0.3) is 22.2 Å². The largest absolute Gasteiger partial charge is 0.440 e. The number of para-hydroxylation sites is 3. The SMILES string of the molecule is O=C(COc1nc2cccc(Cl)c2o1)N(OCc1ccccc1)Oc1nc2ccccc2o1. The highest BCUT2D eigenvalue weighted by atomic mass is 35.5. The van der Waals surface area contributed by atoms with Gasteiger partial charge in [0.25, 0.3) is 0 Å². The maximum absolute atomic E-state index is 12.8. The Kier molecular flexibility index (Phi) is 5.79. The fraction of sp³-hybridized carbons (Fsp3) is 0.0870. The summed E-state index contributed by atoms with van der Waals surface area (Å²) in [5.74, 6) is -0.679. The highest BCUT2D eigenvalue weighted by Gasteiger charge is 2.23. The van der Waals surface area contributed by atoms with Gasteiger partial charge in [-0.1, -0.05) is 60.1 Å². The molecular weight excluding hydrogens is 450 g/mol. The first-order chi connectivity index (χ1) is 16.2. The van der Waals surface area contributed by atoms with Crippen molar-refractivity contribution in [2.45, 2.75) is 6.61 Å². The van der Waals surface area contributed by atoms with Crippen molar-refractivity contribution in [2.75, 3.05) is 6.61 Å². The van der Waals surface area contributed by atoms with Crippen LogP contribution >= 0.6 is 11.6 Å². The van der Waals surface area contributed by atoms with Gasteiger partial charge in [-0.3, -0.25) is 9.63 Å². The summed E-state index contributed by atoms with van der Waals surface area (Å²) in [7, 11) is 0. The molecule has 0 fully saturated rings. The molecule has 9 nitrogen and oxygen atoms in total. The number of halogens is 1. The monoisotopic (exact) mass is 465 g/mol. The zero-order valence-corrected chi connectivity index (χ0v) is 17.8. The van der Waals surface area contributed by atoms with Crippen molar-refractivity contribution in [2.24, 2.45) is 0 Å². The van der Waals surface area contributed by atoms with Gasteiger partial charge in [0.2, 0.25) is 0 Å². The average Bonchev–Trinajstić information content (AvgIpc) is 3.45. The molecule has 166 valence electrons. The smallest absolute Gasteiger partial charge is 0.422 e. The molecule has 2 aromatic heterocycles. The van der Waals surface area contributed by atoms with E-state index in [1.807, 2.05) is 36.4 Å². The normalized spacial score (nSPS) is 11.1. The van der Waals surface area contributed by atoms with Gasteiger partial charge in [0.05, 0.1) is 5.02 Å². The van der Waals surface area contributed by atoms with Gasteiger partial charge >= 0.3 is 18.1 Å². The molecule has 5 aromatic rings. The molecule has 5 rings (SSSR count). The summed E-state index contributed by atoms with van der Waals surface area (Å²) in [5, 5.41) is 1.04. The van der Waals surface area contributed by atoms with Crippen LogP contribution in [0, 0.1) is 0 Å². The molecular formula is C23H16ClN3O6. The molecule has 0 spiro atoms. The third-order valence-electron chi connectivity index (χ3n) is 4.50. The molecule has 0 radical (unpaired) electrons. The Morgan fingerprint density at radius 1 is 0.879 bits per heavy atom.